The van der Waals surface area contributed by atoms with Crippen molar-refractivity contribution in [2.24, 2.45) is 5.16 Å². The van der Waals surface area contributed by atoms with Gasteiger partial charge in [-0.2, -0.15) is 0 Å². The summed E-state index contributed by atoms with van der Waals surface area (Å²) in [5.41, 5.74) is 1.72. The summed E-state index contributed by atoms with van der Waals surface area (Å²) in [5.74, 6) is 0.239. The second-order valence-corrected chi connectivity index (χ2v) is 6.01. The summed E-state index contributed by atoms with van der Waals surface area (Å²) in [6.07, 6.45) is 4.09. The summed E-state index contributed by atoms with van der Waals surface area (Å²) in [5, 5.41) is 6.67. The fourth-order valence-electron chi connectivity index (χ4n) is 2.64. The molecule has 2 heterocycles. The molecule has 0 spiro atoms. The zero-order valence-electron chi connectivity index (χ0n) is 14.6. The Labute approximate surface area is 159 Å². The number of carbonyl (C=O) groups is 1. The highest BCUT2D eigenvalue weighted by Crippen LogP contribution is 2.22. The lowest BCUT2D eigenvalue weighted by molar-refractivity contribution is -0.125. The molecule has 3 aromatic rings. The van der Waals surface area contributed by atoms with Crippen molar-refractivity contribution < 1.29 is 18.8 Å². The van der Waals surface area contributed by atoms with Crippen LogP contribution in [0, 0.1) is 5.82 Å². The molecular formula is C20H15FN4O3. The molecule has 2 aromatic carbocycles. The van der Waals surface area contributed by atoms with Gasteiger partial charge in [-0.3, -0.25) is 9.78 Å². The molecule has 0 bridgehead atoms. The lowest BCUT2D eigenvalue weighted by atomic mass is 10.0. The number of halogens is 1. The molecule has 7 nitrogen and oxygen atoms in total. The van der Waals surface area contributed by atoms with Crippen LogP contribution in [0.2, 0.25) is 0 Å². The summed E-state index contributed by atoms with van der Waals surface area (Å²) in [6, 6.07) is 12.8. The van der Waals surface area contributed by atoms with Gasteiger partial charge in [-0.1, -0.05) is 17.3 Å². The summed E-state index contributed by atoms with van der Waals surface area (Å²) < 4.78 is 18.9. The van der Waals surface area contributed by atoms with E-state index in [1.807, 2.05) is 0 Å². The molecule has 0 radical (unpaired) electrons. The molecule has 0 saturated carbocycles. The molecule has 8 heteroatoms. The van der Waals surface area contributed by atoms with Crippen molar-refractivity contribution in [1.82, 2.24) is 9.97 Å². The number of carbonyl (C=O) groups excluding carboxylic acids is 1. The van der Waals surface area contributed by atoms with Crippen LogP contribution in [0.25, 0.3) is 0 Å². The standard InChI is InChI=1S/C20H15FN4O3/c21-14-3-1-2-13(10-14)17-11-18(28-25-17)20(26)24-15-4-6-16(7-5-15)27-19-12-22-8-9-23-19/h1-10,12,18H,11H2,(H,24,26). The van der Waals surface area contributed by atoms with Gasteiger partial charge in [-0.25, -0.2) is 9.37 Å². The van der Waals surface area contributed by atoms with Crippen molar-refractivity contribution in [3.05, 3.63) is 78.5 Å². The minimum atomic E-state index is -0.770. The quantitative estimate of drug-likeness (QED) is 0.734. The fraction of sp³-hybridized carbons (Fsp3) is 0.100. The first kappa shape index (κ1) is 17.6. The number of aromatic nitrogens is 2. The highest BCUT2D eigenvalue weighted by Gasteiger charge is 2.29. The van der Waals surface area contributed by atoms with Crippen molar-refractivity contribution in [3.8, 4) is 11.6 Å². The highest BCUT2D eigenvalue weighted by molar-refractivity contribution is 6.06. The summed E-state index contributed by atoms with van der Waals surface area (Å²) in [4.78, 5) is 25.6. The first-order valence-electron chi connectivity index (χ1n) is 8.51. The molecule has 4 rings (SSSR count). The molecule has 1 aromatic heterocycles. The van der Waals surface area contributed by atoms with Crippen LogP contribution in [-0.2, 0) is 9.63 Å². The molecule has 1 aliphatic rings. The first-order chi connectivity index (χ1) is 13.7. The van der Waals surface area contributed by atoms with Crippen molar-refractivity contribution in [1.29, 1.82) is 0 Å². The second-order valence-electron chi connectivity index (χ2n) is 6.01. The topological polar surface area (TPSA) is 85.7 Å². The zero-order valence-corrected chi connectivity index (χ0v) is 14.6. The molecule has 0 aliphatic carbocycles. The van der Waals surface area contributed by atoms with Gasteiger partial charge >= 0.3 is 0 Å². The van der Waals surface area contributed by atoms with Crippen LogP contribution in [0.4, 0.5) is 10.1 Å². The third-order valence-electron chi connectivity index (χ3n) is 4.00. The molecule has 140 valence electrons. The smallest absolute Gasteiger partial charge is 0.268 e. The number of nitrogens with one attached hydrogen (secondary N) is 1. The Morgan fingerprint density at radius 3 is 2.79 bits per heavy atom. The third kappa shape index (κ3) is 4.12. The van der Waals surface area contributed by atoms with Gasteiger partial charge in [0.1, 0.15) is 11.6 Å². The largest absolute Gasteiger partial charge is 0.438 e. The van der Waals surface area contributed by atoms with Crippen molar-refractivity contribution >= 4 is 17.3 Å². The maximum absolute atomic E-state index is 13.3. The van der Waals surface area contributed by atoms with E-state index in [9.17, 15) is 9.18 Å². The van der Waals surface area contributed by atoms with Crippen LogP contribution in [-0.4, -0.2) is 27.7 Å². The average Bonchev–Trinajstić information content (AvgIpc) is 3.21. The van der Waals surface area contributed by atoms with Crippen molar-refractivity contribution in [2.45, 2.75) is 12.5 Å². The number of hydrogen-bond acceptors (Lipinski definition) is 6. The van der Waals surface area contributed by atoms with E-state index in [0.29, 0.717) is 28.6 Å². The molecule has 1 aliphatic heterocycles. The molecule has 28 heavy (non-hydrogen) atoms. The summed E-state index contributed by atoms with van der Waals surface area (Å²) in [7, 11) is 0. The Hall–Kier alpha value is -3.81. The number of hydrogen-bond donors (Lipinski definition) is 1. The number of rotatable bonds is 5. The lowest BCUT2D eigenvalue weighted by Crippen LogP contribution is -2.28. The average molecular weight is 378 g/mol. The summed E-state index contributed by atoms with van der Waals surface area (Å²) in [6.45, 7) is 0. The van der Waals surface area contributed by atoms with E-state index in [0.717, 1.165) is 0 Å². The van der Waals surface area contributed by atoms with E-state index < -0.39 is 6.10 Å². The monoisotopic (exact) mass is 378 g/mol. The van der Waals surface area contributed by atoms with Gasteiger partial charge < -0.3 is 14.9 Å². The second kappa shape index (κ2) is 7.83. The molecule has 0 saturated heterocycles. The molecule has 0 fully saturated rings. The van der Waals surface area contributed by atoms with E-state index >= 15 is 0 Å². The Kier molecular flexibility index (Phi) is 4.92. The number of ether oxygens (including phenoxy) is 1. The maximum Gasteiger partial charge on any atom is 0.268 e. The molecule has 1 amide bonds. The fourth-order valence-corrected chi connectivity index (χ4v) is 2.64. The van der Waals surface area contributed by atoms with Crippen LogP contribution in [0.3, 0.4) is 0 Å². The van der Waals surface area contributed by atoms with E-state index in [4.69, 9.17) is 9.57 Å². The SMILES string of the molecule is O=C(Nc1ccc(Oc2cnccn2)cc1)C1CC(c2cccc(F)c2)=NO1. The van der Waals surface area contributed by atoms with Crippen molar-refractivity contribution in [3.63, 3.8) is 0 Å². The van der Waals surface area contributed by atoms with Gasteiger partial charge in [0, 0.05) is 30.1 Å². The Morgan fingerprint density at radius 2 is 2.04 bits per heavy atom. The summed E-state index contributed by atoms with van der Waals surface area (Å²) >= 11 is 0. The number of anilines is 1. The lowest BCUT2D eigenvalue weighted by Gasteiger charge is -2.10. The van der Waals surface area contributed by atoms with Gasteiger partial charge in [0.05, 0.1) is 11.9 Å². The van der Waals surface area contributed by atoms with E-state index in [1.165, 1.54) is 24.5 Å². The Balaban J connectivity index is 1.34. The van der Waals surface area contributed by atoms with Gasteiger partial charge in [-0.05, 0) is 36.4 Å². The van der Waals surface area contributed by atoms with Crippen LogP contribution >= 0.6 is 0 Å². The molecule has 1 atom stereocenters. The minimum Gasteiger partial charge on any atom is -0.438 e. The van der Waals surface area contributed by atoms with E-state index in [-0.39, 0.29) is 18.1 Å². The van der Waals surface area contributed by atoms with Crippen LogP contribution in [0.15, 0.2) is 72.3 Å². The maximum atomic E-state index is 13.3. The van der Waals surface area contributed by atoms with Gasteiger partial charge in [0.15, 0.2) is 0 Å². The molecular weight excluding hydrogens is 363 g/mol. The number of oxime groups is 1. The van der Waals surface area contributed by atoms with E-state index in [2.05, 4.69) is 20.4 Å². The number of amides is 1. The zero-order chi connectivity index (χ0) is 19.3. The predicted molar refractivity (Wildman–Crippen MR) is 99.6 cm³/mol. The van der Waals surface area contributed by atoms with Crippen LogP contribution < -0.4 is 10.1 Å². The normalized spacial score (nSPS) is 15.5. The van der Waals surface area contributed by atoms with Gasteiger partial charge in [0.25, 0.3) is 5.91 Å². The van der Waals surface area contributed by atoms with Gasteiger partial charge in [-0.15, -0.1) is 0 Å². The highest BCUT2D eigenvalue weighted by atomic mass is 19.1. The van der Waals surface area contributed by atoms with Crippen molar-refractivity contribution in [2.75, 3.05) is 5.32 Å². The van der Waals surface area contributed by atoms with Gasteiger partial charge in [0.2, 0.25) is 12.0 Å². The predicted octanol–water partition coefficient (Wildman–Crippen LogP) is 3.54. The van der Waals surface area contributed by atoms with E-state index in [1.54, 1.807) is 42.6 Å². The number of benzene rings is 2. The number of nitrogens with zero attached hydrogens (tertiary/aromatic N) is 3. The van der Waals surface area contributed by atoms with Crippen LogP contribution in [0.1, 0.15) is 12.0 Å². The van der Waals surface area contributed by atoms with Crippen LogP contribution in [0.5, 0.6) is 11.6 Å². The Bertz CT molecular complexity index is 1010. The molecule has 1 unspecified atom stereocenters. The minimum absolute atomic E-state index is 0.267. The third-order valence-corrected chi connectivity index (χ3v) is 4.00. The molecule has 1 N–H and O–H groups in total. The first-order valence-corrected chi connectivity index (χ1v) is 8.51. The Morgan fingerprint density at radius 1 is 1.18 bits per heavy atom.